The van der Waals surface area contributed by atoms with Crippen molar-refractivity contribution in [2.45, 2.75) is 38.0 Å². The molecule has 0 spiro atoms. The number of amides is 1. The lowest BCUT2D eigenvalue weighted by Gasteiger charge is -2.31. The first kappa shape index (κ1) is 19.5. The molecule has 4 rings (SSSR count). The number of hydrogen-bond donors (Lipinski definition) is 1. The van der Waals surface area contributed by atoms with E-state index in [2.05, 4.69) is 4.98 Å². The molecule has 1 saturated heterocycles. The lowest BCUT2D eigenvalue weighted by molar-refractivity contribution is -0.141. The molecule has 7 heteroatoms. The normalized spacial score (nSPS) is 16.4. The Morgan fingerprint density at radius 3 is 2.66 bits per heavy atom. The van der Waals surface area contributed by atoms with Crippen molar-refractivity contribution in [3.8, 4) is 0 Å². The van der Waals surface area contributed by atoms with Gasteiger partial charge >= 0.3 is 5.97 Å². The number of benzene rings is 1. The van der Waals surface area contributed by atoms with Crippen molar-refractivity contribution in [2.24, 2.45) is 0 Å². The largest absolute Gasteiger partial charge is 0.481 e. The summed E-state index contributed by atoms with van der Waals surface area (Å²) in [5.74, 6) is -0.853. The summed E-state index contributed by atoms with van der Waals surface area (Å²) in [5, 5.41) is 11.2. The molecule has 0 unspecified atom stereocenters. The highest BCUT2D eigenvalue weighted by atomic mass is 32.1. The SMILES string of the molecule is O=C(O)CCC(=O)N1CCC(c2csc(C(=O)C3=CCc4ccccc43)n2)CC1. The van der Waals surface area contributed by atoms with Gasteiger partial charge in [0.1, 0.15) is 0 Å². The first-order chi connectivity index (χ1) is 14.0. The third-order valence-corrected chi connectivity index (χ3v) is 6.47. The number of aliphatic carboxylic acids is 1. The average molecular weight is 410 g/mol. The molecule has 1 N–H and O–H groups in total. The van der Waals surface area contributed by atoms with Crippen LogP contribution in [0.15, 0.2) is 35.7 Å². The molecule has 1 aliphatic carbocycles. The van der Waals surface area contributed by atoms with Gasteiger partial charge in [-0.05, 0) is 30.4 Å². The molecule has 1 aliphatic heterocycles. The highest BCUT2D eigenvalue weighted by Crippen LogP contribution is 2.33. The number of carboxylic acids is 1. The molecular formula is C22H22N2O4S. The van der Waals surface area contributed by atoms with E-state index in [1.807, 2.05) is 35.7 Å². The Labute approximate surface area is 172 Å². The summed E-state index contributed by atoms with van der Waals surface area (Å²) in [6.07, 6.45) is 4.24. The fraction of sp³-hybridized carbons (Fsp3) is 0.364. The second-order valence-corrected chi connectivity index (χ2v) is 8.29. The van der Waals surface area contributed by atoms with Gasteiger partial charge < -0.3 is 10.0 Å². The second kappa shape index (κ2) is 8.29. The number of likely N-dealkylation sites (tertiary alicyclic amines) is 1. The number of carbonyl (C=O) groups excluding carboxylic acids is 2. The molecule has 0 saturated carbocycles. The van der Waals surface area contributed by atoms with Crippen LogP contribution in [0.2, 0.25) is 0 Å². The van der Waals surface area contributed by atoms with Crippen LogP contribution in [0.5, 0.6) is 0 Å². The molecule has 6 nitrogen and oxygen atoms in total. The molecule has 0 bridgehead atoms. The first-order valence-electron chi connectivity index (χ1n) is 9.81. The molecule has 1 aromatic carbocycles. The zero-order chi connectivity index (χ0) is 20.4. The number of ketones is 1. The summed E-state index contributed by atoms with van der Waals surface area (Å²) in [7, 11) is 0. The Balaban J connectivity index is 1.37. The quantitative estimate of drug-likeness (QED) is 0.736. The standard InChI is InChI=1S/C22H22N2O4S/c25-19(7-8-20(26)27)24-11-9-15(10-12-24)18-13-29-22(23-18)21(28)17-6-5-14-3-1-2-4-16(14)17/h1-4,6,13,15H,5,7-12H2,(H,26,27). The Hall–Kier alpha value is -2.80. The molecule has 2 aliphatic rings. The van der Waals surface area contributed by atoms with E-state index >= 15 is 0 Å². The van der Waals surface area contributed by atoms with E-state index in [-0.39, 0.29) is 30.4 Å². The average Bonchev–Trinajstić information content (AvgIpc) is 3.39. The van der Waals surface area contributed by atoms with Crippen molar-refractivity contribution in [1.29, 1.82) is 0 Å². The number of aromatic nitrogens is 1. The minimum Gasteiger partial charge on any atom is -0.481 e. The van der Waals surface area contributed by atoms with E-state index in [9.17, 15) is 14.4 Å². The first-order valence-corrected chi connectivity index (χ1v) is 10.7. The topological polar surface area (TPSA) is 87.6 Å². The highest BCUT2D eigenvalue weighted by molar-refractivity contribution is 7.12. The molecular weight excluding hydrogens is 388 g/mol. The number of allylic oxidation sites excluding steroid dienone is 2. The molecule has 29 heavy (non-hydrogen) atoms. The van der Waals surface area contributed by atoms with Gasteiger partial charge in [0.2, 0.25) is 11.7 Å². The molecule has 0 radical (unpaired) electrons. The summed E-state index contributed by atoms with van der Waals surface area (Å²) in [5.41, 5.74) is 3.83. The maximum Gasteiger partial charge on any atom is 0.303 e. The number of fused-ring (bicyclic) bond motifs is 1. The van der Waals surface area contributed by atoms with Gasteiger partial charge in [0.15, 0.2) is 5.01 Å². The van der Waals surface area contributed by atoms with Crippen LogP contribution in [0, 0.1) is 0 Å². The van der Waals surface area contributed by atoms with Gasteiger partial charge in [-0.15, -0.1) is 11.3 Å². The molecule has 1 aromatic heterocycles. The number of rotatable bonds is 6. The molecule has 1 fully saturated rings. The predicted octanol–water partition coefficient (Wildman–Crippen LogP) is 3.54. The van der Waals surface area contributed by atoms with E-state index in [0.29, 0.717) is 18.1 Å². The maximum absolute atomic E-state index is 13.0. The minimum atomic E-state index is -0.951. The van der Waals surface area contributed by atoms with E-state index in [1.165, 1.54) is 16.9 Å². The summed E-state index contributed by atoms with van der Waals surface area (Å²) in [4.78, 5) is 42.0. The van der Waals surface area contributed by atoms with E-state index in [0.717, 1.165) is 36.1 Å². The van der Waals surface area contributed by atoms with Crippen LogP contribution in [0.4, 0.5) is 0 Å². The number of Topliss-reactive ketones (excluding diaryl/α,β-unsaturated/α-hetero) is 1. The molecule has 1 amide bonds. The van der Waals surface area contributed by atoms with E-state index in [1.54, 1.807) is 4.90 Å². The lowest BCUT2D eigenvalue weighted by Crippen LogP contribution is -2.38. The Morgan fingerprint density at radius 1 is 1.14 bits per heavy atom. The number of carbonyl (C=O) groups is 3. The zero-order valence-electron chi connectivity index (χ0n) is 16.0. The number of hydrogen-bond acceptors (Lipinski definition) is 5. The van der Waals surface area contributed by atoms with Crippen LogP contribution >= 0.6 is 11.3 Å². The zero-order valence-corrected chi connectivity index (χ0v) is 16.8. The number of thiazole rings is 1. The Morgan fingerprint density at radius 2 is 1.90 bits per heavy atom. The third-order valence-electron chi connectivity index (χ3n) is 5.61. The highest BCUT2D eigenvalue weighted by Gasteiger charge is 2.28. The lowest BCUT2D eigenvalue weighted by atomic mass is 9.94. The second-order valence-electron chi connectivity index (χ2n) is 7.43. The fourth-order valence-corrected chi connectivity index (χ4v) is 4.84. The summed E-state index contributed by atoms with van der Waals surface area (Å²) in [6.45, 7) is 1.20. The molecule has 0 atom stereocenters. The molecule has 2 aromatic rings. The van der Waals surface area contributed by atoms with Crippen LogP contribution < -0.4 is 0 Å². The number of carboxylic acid groups (broad SMARTS) is 1. The van der Waals surface area contributed by atoms with E-state index in [4.69, 9.17) is 5.11 Å². The summed E-state index contributed by atoms with van der Waals surface area (Å²) < 4.78 is 0. The summed E-state index contributed by atoms with van der Waals surface area (Å²) in [6, 6.07) is 7.97. The van der Waals surface area contributed by atoms with Crippen LogP contribution in [-0.4, -0.2) is 45.7 Å². The van der Waals surface area contributed by atoms with Crippen molar-refractivity contribution in [3.63, 3.8) is 0 Å². The van der Waals surface area contributed by atoms with Crippen LogP contribution in [0.25, 0.3) is 5.57 Å². The van der Waals surface area contributed by atoms with Crippen LogP contribution in [-0.2, 0) is 16.0 Å². The van der Waals surface area contributed by atoms with Gasteiger partial charge in [-0.1, -0.05) is 30.3 Å². The number of nitrogens with zero attached hydrogens (tertiary/aromatic N) is 2. The molecule has 2 heterocycles. The maximum atomic E-state index is 13.0. The van der Waals surface area contributed by atoms with Gasteiger partial charge in [0, 0.05) is 36.4 Å². The Kier molecular flexibility index (Phi) is 5.58. The smallest absolute Gasteiger partial charge is 0.303 e. The van der Waals surface area contributed by atoms with Gasteiger partial charge in [-0.2, -0.15) is 0 Å². The van der Waals surface area contributed by atoms with Crippen molar-refractivity contribution < 1.29 is 19.5 Å². The van der Waals surface area contributed by atoms with Crippen molar-refractivity contribution >= 4 is 34.6 Å². The fourth-order valence-electron chi connectivity index (χ4n) is 3.99. The van der Waals surface area contributed by atoms with Crippen LogP contribution in [0.3, 0.4) is 0 Å². The van der Waals surface area contributed by atoms with Crippen molar-refractivity contribution in [2.75, 3.05) is 13.1 Å². The van der Waals surface area contributed by atoms with Crippen molar-refractivity contribution in [1.82, 2.24) is 9.88 Å². The van der Waals surface area contributed by atoms with E-state index < -0.39 is 5.97 Å². The minimum absolute atomic E-state index is 0.0208. The van der Waals surface area contributed by atoms with Gasteiger partial charge in [-0.3, -0.25) is 14.4 Å². The van der Waals surface area contributed by atoms with Crippen molar-refractivity contribution in [3.05, 3.63) is 57.6 Å². The third kappa shape index (κ3) is 4.15. The monoisotopic (exact) mass is 410 g/mol. The van der Waals surface area contributed by atoms with Gasteiger partial charge in [-0.25, -0.2) is 4.98 Å². The van der Waals surface area contributed by atoms with Crippen LogP contribution in [0.1, 0.15) is 58.2 Å². The number of piperidine rings is 1. The van der Waals surface area contributed by atoms with Gasteiger partial charge in [0.25, 0.3) is 0 Å². The van der Waals surface area contributed by atoms with Gasteiger partial charge in [0.05, 0.1) is 12.1 Å². The molecule has 150 valence electrons. The summed E-state index contributed by atoms with van der Waals surface area (Å²) >= 11 is 1.38. The predicted molar refractivity (Wildman–Crippen MR) is 110 cm³/mol. The Bertz CT molecular complexity index is 986.